The van der Waals surface area contributed by atoms with Gasteiger partial charge in [0, 0.05) is 30.5 Å². The van der Waals surface area contributed by atoms with E-state index in [-0.39, 0.29) is 11.8 Å². The Labute approximate surface area is 111 Å². The van der Waals surface area contributed by atoms with Crippen LogP contribution >= 0.6 is 0 Å². The van der Waals surface area contributed by atoms with E-state index < -0.39 is 0 Å². The summed E-state index contributed by atoms with van der Waals surface area (Å²) in [6.45, 7) is 0. The molecule has 0 spiro atoms. The number of ether oxygens (including phenoxy) is 1. The summed E-state index contributed by atoms with van der Waals surface area (Å²) in [7, 11) is 3.47. The molecular weight excluding hydrogens is 242 g/mol. The Morgan fingerprint density at radius 3 is 2.95 bits per heavy atom. The maximum Gasteiger partial charge on any atom is 0.226 e. The van der Waals surface area contributed by atoms with Gasteiger partial charge in [0.1, 0.15) is 11.6 Å². The molecule has 1 aromatic heterocycles. The van der Waals surface area contributed by atoms with E-state index in [0.29, 0.717) is 6.42 Å². The first-order valence-corrected chi connectivity index (χ1v) is 6.15. The summed E-state index contributed by atoms with van der Waals surface area (Å²) >= 11 is 0. The van der Waals surface area contributed by atoms with E-state index in [1.54, 1.807) is 11.8 Å². The molecule has 0 saturated carbocycles. The lowest BCUT2D eigenvalue weighted by Crippen LogP contribution is -2.24. The maximum absolute atomic E-state index is 11.9. The number of benzene rings is 1. The van der Waals surface area contributed by atoms with E-state index in [4.69, 9.17) is 4.74 Å². The second-order valence-electron chi connectivity index (χ2n) is 4.62. The third-order valence-corrected chi connectivity index (χ3v) is 3.50. The minimum Gasteiger partial charge on any atom is -0.496 e. The molecule has 2 aromatic rings. The van der Waals surface area contributed by atoms with E-state index in [9.17, 15) is 4.79 Å². The molecule has 1 aliphatic rings. The van der Waals surface area contributed by atoms with E-state index in [0.717, 1.165) is 22.7 Å². The standard InChI is InChI=1S/C14H15N3O2/c1-17-14-11(8-15-17)10(7-13(18)16-14)9-5-3-4-6-12(9)19-2/h3-6,8,10H,7H2,1-2H3,(H,16,18). The van der Waals surface area contributed by atoms with Crippen LogP contribution in [0.5, 0.6) is 5.75 Å². The zero-order valence-corrected chi connectivity index (χ0v) is 10.9. The molecule has 2 heterocycles. The van der Waals surface area contributed by atoms with Crippen molar-refractivity contribution in [1.29, 1.82) is 0 Å². The molecular formula is C14H15N3O2. The highest BCUT2D eigenvalue weighted by molar-refractivity contribution is 5.94. The molecule has 0 aliphatic carbocycles. The van der Waals surface area contributed by atoms with Crippen LogP contribution < -0.4 is 10.1 Å². The molecule has 1 aliphatic heterocycles. The van der Waals surface area contributed by atoms with Crippen molar-refractivity contribution in [3.8, 4) is 5.75 Å². The van der Waals surface area contributed by atoms with Gasteiger partial charge >= 0.3 is 0 Å². The van der Waals surface area contributed by atoms with Crippen molar-refractivity contribution in [2.45, 2.75) is 12.3 Å². The van der Waals surface area contributed by atoms with Crippen LogP contribution in [0.1, 0.15) is 23.5 Å². The second kappa shape index (κ2) is 4.42. The Kier molecular flexibility index (Phi) is 2.74. The average molecular weight is 257 g/mol. The van der Waals surface area contributed by atoms with Gasteiger partial charge < -0.3 is 10.1 Å². The Morgan fingerprint density at radius 1 is 1.37 bits per heavy atom. The molecule has 0 saturated heterocycles. The topological polar surface area (TPSA) is 56.1 Å². The van der Waals surface area contributed by atoms with Crippen molar-refractivity contribution in [3.05, 3.63) is 41.6 Å². The lowest BCUT2D eigenvalue weighted by molar-refractivity contribution is -0.116. The van der Waals surface area contributed by atoms with E-state index in [1.165, 1.54) is 0 Å². The summed E-state index contributed by atoms with van der Waals surface area (Å²) in [5.74, 6) is 1.57. The molecule has 98 valence electrons. The highest BCUT2D eigenvalue weighted by Crippen LogP contribution is 2.40. The number of amides is 1. The first kappa shape index (κ1) is 11.8. The van der Waals surface area contributed by atoms with Gasteiger partial charge in [0.25, 0.3) is 0 Å². The molecule has 0 bridgehead atoms. The van der Waals surface area contributed by atoms with Crippen LogP contribution in [-0.2, 0) is 11.8 Å². The number of anilines is 1. The van der Waals surface area contributed by atoms with Gasteiger partial charge in [0.15, 0.2) is 0 Å². The second-order valence-corrected chi connectivity index (χ2v) is 4.62. The number of rotatable bonds is 2. The fourth-order valence-electron chi connectivity index (χ4n) is 2.57. The lowest BCUT2D eigenvalue weighted by Gasteiger charge is -2.24. The van der Waals surface area contributed by atoms with Crippen LogP contribution in [0.3, 0.4) is 0 Å². The molecule has 1 unspecified atom stereocenters. The summed E-state index contributed by atoms with van der Waals surface area (Å²) in [5.41, 5.74) is 2.06. The molecule has 19 heavy (non-hydrogen) atoms. The molecule has 3 rings (SSSR count). The van der Waals surface area contributed by atoms with Crippen LogP contribution in [0.25, 0.3) is 0 Å². The van der Waals surface area contributed by atoms with Crippen LogP contribution in [0, 0.1) is 0 Å². The van der Waals surface area contributed by atoms with Gasteiger partial charge in [-0.2, -0.15) is 5.10 Å². The van der Waals surface area contributed by atoms with Crippen LogP contribution in [0.2, 0.25) is 0 Å². The Morgan fingerprint density at radius 2 is 2.16 bits per heavy atom. The van der Waals surface area contributed by atoms with Gasteiger partial charge in [-0.3, -0.25) is 9.48 Å². The monoisotopic (exact) mass is 257 g/mol. The summed E-state index contributed by atoms with van der Waals surface area (Å²) in [4.78, 5) is 11.9. The van der Waals surface area contributed by atoms with Gasteiger partial charge in [-0.25, -0.2) is 0 Å². The van der Waals surface area contributed by atoms with Crippen molar-refractivity contribution >= 4 is 11.7 Å². The highest BCUT2D eigenvalue weighted by atomic mass is 16.5. The van der Waals surface area contributed by atoms with Crippen LogP contribution in [0.15, 0.2) is 30.5 Å². The predicted octanol–water partition coefficient (Wildman–Crippen LogP) is 1.90. The van der Waals surface area contributed by atoms with Gasteiger partial charge in [-0.15, -0.1) is 0 Å². The number of hydrogen-bond donors (Lipinski definition) is 1. The molecule has 5 heteroatoms. The zero-order chi connectivity index (χ0) is 13.4. The third kappa shape index (κ3) is 1.87. The first-order valence-electron chi connectivity index (χ1n) is 6.15. The van der Waals surface area contributed by atoms with Gasteiger partial charge in [-0.05, 0) is 6.07 Å². The number of para-hydroxylation sites is 1. The maximum atomic E-state index is 11.9. The number of aromatic nitrogens is 2. The summed E-state index contributed by atoms with van der Waals surface area (Å²) in [5, 5.41) is 7.09. The van der Waals surface area contributed by atoms with Crippen LogP contribution in [0.4, 0.5) is 5.82 Å². The molecule has 0 radical (unpaired) electrons. The van der Waals surface area contributed by atoms with Gasteiger partial charge in [-0.1, -0.05) is 18.2 Å². The fraction of sp³-hybridized carbons (Fsp3) is 0.286. The number of carbonyl (C=O) groups excluding carboxylic acids is 1. The molecule has 0 fully saturated rings. The summed E-state index contributed by atoms with van der Waals surface area (Å²) < 4.78 is 7.09. The Hall–Kier alpha value is -2.30. The van der Waals surface area contributed by atoms with Crippen LogP contribution in [-0.4, -0.2) is 22.8 Å². The number of fused-ring (bicyclic) bond motifs is 1. The SMILES string of the molecule is COc1ccccc1C1CC(=O)Nc2c1cnn2C. The summed E-state index contributed by atoms with van der Waals surface area (Å²) in [6, 6.07) is 7.80. The summed E-state index contributed by atoms with van der Waals surface area (Å²) in [6.07, 6.45) is 2.23. The Bertz CT molecular complexity index is 633. The smallest absolute Gasteiger partial charge is 0.226 e. The van der Waals surface area contributed by atoms with Crippen molar-refractivity contribution in [2.75, 3.05) is 12.4 Å². The number of carbonyl (C=O) groups is 1. The average Bonchev–Trinajstić information content (AvgIpc) is 2.79. The zero-order valence-electron chi connectivity index (χ0n) is 10.9. The lowest BCUT2D eigenvalue weighted by atomic mass is 9.87. The van der Waals surface area contributed by atoms with Gasteiger partial charge in [0.05, 0.1) is 13.3 Å². The third-order valence-electron chi connectivity index (χ3n) is 3.50. The van der Waals surface area contributed by atoms with Crippen molar-refractivity contribution in [3.63, 3.8) is 0 Å². The quantitative estimate of drug-likeness (QED) is 0.894. The number of aryl methyl sites for hydroxylation is 1. The van der Waals surface area contributed by atoms with E-state index in [1.807, 2.05) is 37.5 Å². The first-order chi connectivity index (χ1) is 9.20. The molecule has 5 nitrogen and oxygen atoms in total. The highest BCUT2D eigenvalue weighted by Gasteiger charge is 2.30. The van der Waals surface area contributed by atoms with E-state index >= 15 is 0 Å². The van der Waals surface area contributed by atoms with Gasteiger partial charge in [0.2, 0.25) is 5.91 Å². The Balaban J connectivity index is 2.13. The molecule has 1 amide bonds. The predicted molar refractivity (Wildman–Crippen MR) is 71.3 cm³/mol. The molecule has 1 aromatic carbocycles. The minimum absolute atomic E-state index is 0.00593. The number of hydrogen-bond acceptors (Lipinski definition) is 3. The molecule has 1 N–H and O–H groups in total. The number of nitrogens with one attached hydrogen (secondary N) is 1. The molecule has 1 atom stereocenters. The number of nitrogens with zero attached hydrogens (tertiary/aromatic N) is 2. The number of methoxy groups -OCH3 is 1. The normalized spacial score (nSPS) is 17.8. The fourth-order valence-corrected chi connectivity index (χ4v) is 2.57. The van der Waals surface area contributed by atoms with E-state index in [2.05, 4.69) is 10.4 Å². The minimum atomic E-state index is -0.00593. The van der Waals surface area contributed by atoms with Crippen molar-refractivity contribution in [1.82, 2.24) is 9.78 Å². The van der Waals surface area contributed by atoms with Crippen molar-refractivity contribution in [2.24, 2.45) is 7.05 Å². The van der Waals surface area contributed by atoms with Crippen molar-refractivity contribution < 1.29 is 9.53 Å². The largest absolute Gasteiger partial charge is 0.496 e.